The Morgan fingerprint density at radius 2 is 1.77 bits per heavy atom. The summed E-state index contributed by atoms with van der Waals surface area (Å²) in [5.41, 5.74) is 2.77. The number of benzene rings is 2. The van der Waals surface area contributed by atoms with E-state index in [9.17, 15) is 14.4 Å². The Hall–Kier alpha value is -3.48. The van der Waals surface area contributed by atoms with Crippen molar-refractivity contribution in [3.8, 4) is 0 Å². The summed E-state index contributed by atoms with van der Waals surface area (Å²) in [5.74, 6) is -0.771. The number of nitrogens with zero attached hydrogens (tertiary/aromatic N) is 1. The monoisotopic (exact) mass is 407 g/mol. The SMILES string of the molecule is Cc1cccc(C(C)C)c1NC(=O)[C@@H](C)OC(=O)Cc1n[nH]c(=O)c2ccccc12. The molecule has 0 saturated heterocycles. The fourth-order valence-corrected chi connectivity index (χ4v) is 3.30. The van der Waals surface area contributed by atoms with Crippen LogP contribution in [0.25, 0.3) is 10.8 Å². The van der Waals surface area contributed by atoms with E-state index < -0.39 is 18.0 Å². The smallest absolute Gasteiger partial charge is 0.312 e. The number of hydrogen-bond acceptors (Lipinski definition) is 5. The zero-order valence-electron chi connectivity index (χ0n) is 17.5. The van der Waals surface area contributed by atoms with Crippen LogP contribution in [-0.2, 0) is 20.7 Å². The number of aromatic amines is 1. The van der Waals surface area contributed by atoms with E-state index in [1.54, 1.807) is 24.3 Å². The molecule has 0 radical (unpaired) electrons. The molecule has 0 bridgehead atoms. The zero-order valence-corrected chi connectivity index (χ0v) is 17.5. The van der Waals surface area contributed by atoms with Gasteiger partial charge in [-0.1, -0.05) is 50.2 Å². The molecule has 0 aliphatic rings. The van der Waals surface area contributed by atoms with Crippen LogP contribution in [0.5, 0.6) is 0 Å². The number of esters is 1. The van der Waals surface area contributed by atoms with Crippen molar-refractivity contribution in [3.05, 3.63) is 69.6 Å². The molecule has 3 rings (SSSR count). The molecule has 1 heterocycles. The van der Waals surface area contributed by atoms with Crippen molar-refractivity contribution in [2.75, 3.05) is 5.32 Å². The maximum atomic E-state index is 12.6. The molecule has 3 aromatic rings. The fraction of sp³-hybridized carbons (Fsp3) is 0.304. The molecule has 156 valence electrons. The predicted octanol–water partition coefficient (Wildman–Crippen LogP) is 3.47. The molecule has 1 amide bonds. The first-order valence-corrected chi connectivity index (χ1v) is 9.84. The minimum atomic E-state index is -0.980. The highest BCUT2D eigenvalue weighted by molar-refractivity contribution is 5.96. The number of rotatable bonds is 6. The van der Waals surface area contributed by atoms with E-state index in [-0.39, 0.29) is 17.9 Å². The standard InChI is InChI=1S/C23H25N3O4/c1-13(2)16-11-7-8-14(3)21(16)24-22(28)15(4)30-20(27)12-19-17-9-5-6-10-18(17)23(29)26-25-19/h5-11,13,15H,12H2,1-4H3,(H,24,28)(H,26,29)/t15-/m1/s1. The summed E-state index contributed by atoms with van der Waals surface area (Å²) < 4.78 is 5.32. The summed E-state index contributed by atoms with van der Waals surface area (Å²) in [4.78, 5) is 36.9. The molecular weight excluding hydrogens is 382 g/mol. The van der Waals surface area contributed by atoms with E-state index in [1.165, 1.54) is 6.92 Å². The van der Waals surface area contributed by atoms with Crippen molar-refractivity contribution < 1.29 is 14.3 Å². The number of fused-ring (bicyclic) bond motifs is 1. The number of anilines is 1. The summed E-state index contributed by atoms with van der Waals surface area (Å²) in [5, 5.41) is 10.3. The van der Waals surface area contributed by atoms with Crippen LogP contribution in [0.3, 0.4) is 0 Å². The van der Waals surface area contributed by atoms with Gasteiger partial charge >= 0.3 is 5.97 Å². The van der Waals surface area contributed by atoms with Gasteiger partial charge in [0.05, 0.1) is 17.5 Å². The highest BCUT2D eigenvalue weighted by atomic mass is 16.5. The van der Waals surface area contributed by atoms with Crippen molar-refractivity contribution in [2.45, 2.75) is 46.1 Å². The molecular formula is C23H25N3O4. The molecule has 0 aliphatic carbocycles. The van der Waals surface area contributed by atoms with Crippen molar-refractivity contribution >= 4 is 28.3 Å². The Morgan fingerprint density at radius 1 is 1.07 bits per heavy atom. The zero-order chi connectivity index (χ0) is 21.8. The van der Waals surface area contributed by atoms with Gasteiger partial charge in [-0.15, -0.1) is 0 Å². The molecule has 0 unspecified atom stereocenters. The van der Waals surface area contributed by atoms with Gasteiger partial charge in [0.15, 0.2) is 6.10 Å². The van der Waals surface area contributed by atoms with Gasteiger partial charge in [0.2, 0.25) is 0 Å². The molecule has 0 aliphatic heterocycles. The largest absolute Gasteiger partial charge is 0.452 e. The van der Waals surface area contributed by atoms with Crippen LogP contribution in [-0.4, -0.2) is 28.2 Å². The van der Waals surface area contributed by atoms with Crippen LogP contribution in [0.2, 0.25) is 0 Å². The quantitative estimate of drug-likeness (QED) is 0.610. The maximum absolute atomic E-state index is 12.6. The summed E-state index contributed by atoms with van der Waals surface area (Å²) in [7, 11) is 0. The Balaban J connectivity index is 1.71. The average molecular weight is 407 g/mol. The minimum absolute atomic E-state index is 0.156. The topological polar surface area (TPSA) is 101 Å². The first kappa shape index (κ1) is 21.2. The minimum Gasteiger partial charge on any atom is -0.452 e. The Morgan fingerprint density at radius 3 is 2.47 bits per heavy atom. The third-order valence-corrected chi connectivity index (χ3v) is 4.94. The lowest BCUT2D eigenvalue weighted by Crippen LogP contribution is -2.31. The number of carbonyl (C=O) groups excluding carboxylic acids is 2. The van der Waals surface area contributed by atoms with Gasteiger partial charge in [-0.2, -0.15) is 5.10 Å². The molecule has 0 spiro atoms. The molecule has 1 atom stereocenters. The van der Waals surface area contributed by atoms with Gasteiger partial charge in [-0.05, 0) is 37.0 Å². The van der Waals surface area contributed by atoms with Crippen LogP contribution >= 0.6 is 0 Å². The maximum Gasteiger partial charge on any atom is 0.312 e. The number of ether oxygens (including phenoxy) is 1. The predicted molar refractivity (Wildman–Crippen MR) is 116 cm³/mol. The van der Waals surface area contributed by atoms with Gasteiger partial charge in [-0.3, -0.25) is 14.4 Å². The second-order valence-electron chi connectivity index (χ2n) is 7.54. The van der Waals surface area contributed by atoms with Crippen molar-refractivity contribution in [2.24, 2.45) is 0 Å². The summed E-state index contributed by atoms with van der Waals surface area (Å²) in [6.45, 7) is 7.55. The van der Waals surface area contributed by atoms with Crippen molar-refractivity contribution in [1.82, 2.24) is 10.2 Å². The molecule has 0 saturated carbocycles. The van der Waals surface area contributed by atoms with Gasteiger partial charge in [0.1, 0.15) is 0 Å². The molecule has 2 aromatic carbocycles. The van der Waals surface area contributed by atoms with Gasteiger partial charge in [-0.25, -0.2) is 5.10 Å². The van der Waals surface area contributed by atoms with Crippen molar-refractivity contribution in [1.29, 1.82) is 0 Å². The molecule has 0 fully saturated rings. The second kappa shape index (κ2) is 8.90. The number of hydrogen-bond donors (Lipinski definition) is 2. The van der Waals surface area contributed by atoms with Gasteiger partial charge < -0.3 is 10.1 Å². The van der Waals surface area contributed by atoms with Crippen LogP contribution in [0.4, 0.5) is 5.69 Å². The van der Waals surface area contributed by atoms with E-state index in [2.05, 4.69) is 29.4 Å². The third kappa shape index (κ3) is 4.56. The number of amides is 1. The normalized spacial score (nSPS) is 12.0. The van der Waals surface area contributed by atoms with Crippen LogP contribution in [0, 0.1) is 6.92 Å². The Labute approximate surface area is 174 Å². The van der Waals surface area contributed by atoms with Crippen LogP contribution < -0.4 is 10.9 Å². The number of aryl methyl sites for hydroxylation is 1. The lowest BCUT2D eigenvalue weighted by Gasteiger charge is -2.19. The lowest BCUT2D eigenvalue weighted by molar-refractivity contribution is -0.152. The van der Waals surface area contributed by atoms with Crippen LogP contribution in [0.15, 0.2) is 47.3 Å². The number of nitrogens with one attached hydrogen (secondary N) is 2. The lowest BCUT2D eigenvalue weighted by atomic mass is 9.98. The average Bonchev–Trinajstić information content (AvgIpc) is 2.71. The first-order valence-electron chi connectivity index (χ1n) is 9.84. The van der Waals surface area contributed by atoms with E-state index in [0.717, 1.165) is 16.8 Å². The second-order valence-corrected chi connectivity index (χ2v) is 7.54. The number of carbonyl (C=O) groups is 2. The summed E-state index contributed by atoms with van der Waals surface area (Å²) in [6.07, 6.45) is -1.14. The summed E-state index contributed by atoms with van der Waals surface area (Å²) in [6, 6.07) is 12.7. The molecule has 2 N–H and O–H groups in total. The van der Waals surface area contributed by atoms with E-state index in [4.69, 9.17) is 4.74 Å². The number of H-pyrrole nitrogens is 1. The van der Waals surface area contributed by atoms with E-state index in [1.807, 2.05) is 25.1 Å². The number of para-hydroxylation sites is 1. The summed E-state index contributed by atoms with van der Waals surface area (Å²) >= 11 is 0. The Bertz CT molecular complexity index is 1150. The third-order valence-electron chi connectivity index (χ3n) is 4.94. The molecule has 7 heteroatoms. The molecule has 30 heavy (non-hydrogen) atoms. The van der Waals surface area contributed by atoms with Gasteiger partial charge in [0, 0.05) is 11.1 Å². The highest BCUT2D eigenvalue weighted by Crippen LogP contribution is 2.27. The van der Waals surface area contributed by atoms with E-state index in [0.29, 0.717) is 16.5 Å². The first-order chi connectivity index (χ1) is 14.3. The molecule has 7 nitrogen and oxygen atoms in total. The number of aromatic nitrogens is 2. The van der Waals surface area contributed by atoms with Crippen molar-refractivity contribution in [3.63, 3.8) is 0 Å². The molecule has 1 aromatic heterocycles. The van der Waals surface area contributed by atoms with E-state index >= 15 is 0 Å². The van der Waals surface area contributed by atoms with Crippen LogP contribution in [0.1, 0.15) is 43.5 Å². The highest BCUT2D eigenvalue weighted by Gasteiger charge is 2.21. The fourth-order valence-electron chi connectivity index (χ4n) is 3.30. The van der Waals surface area contributed by atoms with Gasteiger partial charge in [0.25, 0.3) is 11.5 Å². The Kier molecular flexibility index (Phi) is 6.30.